The molecule has 5 nitrogen and oxygen atoms in total. The predicted octanol–water partition coefficient (Wildman–Crippen LogP) is 3.85. The highest BCUT2D eigenvalue weighted by Crippen LogP contribution is 2.47. The van der Waals surface area contributed by atoms with E-state index in [-0.39, 0.29) is 11.4 Å². The number of rotatable bonds is 2. The van der Waals surface area contributed by atoms with E-state index in [0.717, 1.165) is 76.4 Å². The van der Waals surface area contributed by atoms with E-state index in [0.29, 0.717) is 0 Å². The number of amides is 2. The van der Waals surface area contributed by atoms with E-state index in [9.17, 15) is 4.79 Å². The van der Waals surface area contributed by atoms with Gasteiger partial charge in [-0.15, -0.1) is 0 Å². The Balaban J connectivity index is 1.35. The first-order valence-electron chi connectivity index (χ1n) is 10.2. The standard InChI is InChI=1S/C22H27N3O2/c26-21(24-11-3-4-12-24)25-17-22(19-7-1-2-8-20(19)25)9-13-23(14-10-22)16-18-6-5-15-27-18/h1-2,5-8,15H,3-4,9-14,16-17H2. The van der Waals surface area contributed by atoms with E-state index in [1.165, 1.54) is 5.56 Å². The van der Waals surface area contributed by atoms with Crippen LogP contribution in [0.1, 0.15) is 37.0 Å². The zero-order valence-corrected chi connectivity index (χ0v) is 15.8. The number of carbonyl (C=O) groups excluding carboxylic acids is 1. The summed E-state index contributed by atoms with van der Waals surface area (Å²) in [5, 5.41) is 0. The monoisotopic (exact) mass is 365 g/mol. The molecule has 0 bridgehead atoms. The van der Waals surface area contributed by atoms with Crippen LogP contribution in [0.25, 0.3) is 0 Å². The van der Waals surface area contributed by atoms with Crippen LogP contribution in [0.5, 0.6) is 0 Å². The van der Waals surface area contributed by atoms with E-state index in [4.69, 9.17) is 4.42 Å². The first-order chi connectivity index (χ1) is 13.3. The smallest absolute Gasteiger partial charge is 0.324 e. The Morgan fingerprint density at radius 3 is 2.52 bits per heavy atom. The van der Waals surface area contributed by atoms with Crippen LogP contribution in [0.3, 0.4) is 0 Å². The molecule has 27 heavy (non-hydrogen) atoms. The molecule has 0 unspecified atom stereocenters. The molecule has 5 heteroatoms. The summed E-state index contributed by atoms with van der Waals surface area (Å²) >= 11 is 0. The average Bonchev–Trinajstić information content (AvgIpc) is 3.45. The fourth-order valence-corrected chi connectivity index (χ4v) is 5.07. The summed E-state index contributed by atoms with van der Waals surface area (Å²) in [7, 11) is 0. The van der Waals surface area contributed by atoms with Gasteiger partial charge < -0.3 is 9.32 Å². The van der Waals surface area contributed by atoms with E-state index in [1.54, 1.807) is 6.26 Å². The van der Waals surface area contributed by atoms with Gasteiger partial charge in [0.25, 0.3) is 0 Å². The second-order valence-corrected chi connectivity index (χ2v) is 8.22. The maximum Gasteiger partial charge on any atom is 0.324 e. The van der Waals surface area contributed by atoms with Crippen molar-refractivity contribution in [2.75, 3.05) is 37.6 Å². The third-order valence-corrected chi connectivity index (χ3v) is 6.61. The molecule has 3 aliphatic heterocycles. The lowest BCUT2D eigenvalue weighted by molar-refractivity contribution is 0.149. The van der Waals surface area contributed by atoms with Crippen LogP contribution in [0.15, 0.2) is 47.1 Å². The number of benzene rings is 1. The van der Waals surface area contributed by atoms with Crippen molar-refractivity contribution in [3.63, 3.8) is 0 Å². The number of carbonyl (C=O) groups is 1. The van der Waals surface area contributed by atoms with E-state index >= 15 is 0 Å². The van der Waals surface area contributed by atoms with Crippen molar-refractivity contribution < 1.29 is 9.21 Å². The summed E-state index contributed by atoms with van der Waals surface area (Å²) in [6.45, 7) is 5.60. The Morgan fingerprint density at radius 2 is 1.78 bits per heavy atom. The summed E-state index contributed by atoms with van der Waals surface area (Å²) in [5.74, 6) is 1.03. The lowest BCUT2D eigenvalue weighted by Crippen LogP contribution is -2.48. The molecule has 1 spiro atoms. The summed E-state index contributed by atoms with van der Waals surface area (Å²) in [4.78, 5) is 19.7. The Hall–Kier alpha value is -2.27. The van der Waals surface area contributed by atoms with Crippen molar-refractivity contribution in [2.24, 2.45) is 0 Å². The van der Waals surface area contributed by atoms with Gasteiger partial charge in [-0.3, -0.25) is 9.80 Å². The number of nitrogens with zero attached hydrogens (tertiary/aromatic N) is 3. The molecule has 0 radical (unpaired) electrons. The summed E-state index contributed by atoms with van der Waals surface area (Å²) in [6.07, 6.45) is 6.20. The van der Waals surface area contributed by atoms with E-state index in [1.807, 2.05) is 17.0 Å². The van der Waals surface area contributed by atoms with Crippen molar-refractivity contribution in [2.45, 2.75) is 37.6 Å². The molecule has 2 saturated heterocycles. The van der Waals surface area contributed by atoms with Gasteiger partial charge in [0, 0.05) is 30.7 Å². The number of furan rings is 1. The topological polar surface area (TPSA) is 39.9 Å². The van der Waals surface area contributed by atoms with Crippen LogP contribution in [-0.4, -0.2) is 48.6 Å². The fourth-order valence-electron chi connectivity index (χ4n) is 5.07. The Labute approximate surface area is 160 Å². The van der Waals surface area contributed by atoms with Gasteiger partial charge in [0.2, 0.25) is 0 Å². The van der Waals surface area contributed by atoms with Gasteiger partial charge in [-0.2, -0.15) is 0 Å². The van der Waals surface area contributed by atoms with Crippen LogP contribution < -0.4 is 4.90 Å². The van der Waals surface area contributed by atoms with E-state index < -0.39 is 0 Å². The van der Waals surface area contributed by atoms with Gasteiger partial charge >= 0.3 is 6.03 Å². The lowest BCUT2D eigenvalue weighted by Gasteiger charge is -2.39. The van der Waals surface area contributed by atoms with Crippen molar-refractivity contribution in [1.29, 1.82) is 0 Å². The Bertz CT molecular complexity index is 803. The summed E-state index contributed by atoms with van der Waals surface area (Å²) in [5.41, 5.74) is 2.61. The van der Waals surface area contributed by atoms with Crippen molar-refractivity contribution >= 4 is 11.7 Å². The highest BCUT2D eigenvalue weighted by molar-refractivity contribution is 5.95. The van der Waals surface area contributed by atoms with Crippen LogP contribution in [-0.2, 0) is 12.0 Å². The van der Waals surface area contributed by atoms with Crippen molar-refractivity contribution in [3.05, 3.63) is 54.0 Å². The molecule has 3 aliphatic rings. The largest absolute Gasteiger partial charge is 0.468 e. The molecule has 1 aromatic heterocycles. The molecule has 0 N–H and O–H groups in total. The van der Waals surface area contributed by atoms with Crippen molar-refractivity contribution in [3.8, 4) is 0 Å². The maximum absolute atomic E-state index is 13.1. The van der Waals surface area contributed by atoms with Crippen LogP contribution in [0.4, 0.5) is 10.5 Å². The molecular weight excluding hydrogens is 338 g/mol. The van der Waals surface area contributed by atoms with Gasteiger partial charge in [-0.05, 0) is 62.5 Å². The lowest BCUT2D eigenvalue weighted by atomic mass is 9.74. The minimum atomic E-state index is 0.103. The quantitative estimate of drug-likeness (QED) is 0.812. The first-order valence-corrected chi connectivity index (χ1v) is 10.2. The zero-order valence-electron chi connectivity index (χ0n) is 15.8. The molecule has 2 amide bonds. The summed E-state index contributed by atoms with van der Waals surface area (Å²) < 4.78 is 5.51. The highest BCUT2D eigenvalue weighted by Gasteiger charge is 2.47. The minimum Gasteiger partial charge on any atom is -0.468 e. The number of fused-ring (bicyclic) bond motifs is 2. The number of hydrogen-bond donors (Lipinski definition) is 0. The molecule has 1 aromatic carbocycles. The number of hydrogen-bond acceptors (Lipinski definition) is 3. The molecule has 142 valence electrons. The van der Waals surface area contributed by atoms with Gasteiger partial charge in [-0.25, -0.2) is 4.79 Å². The molecule has 4 heterocycles. The first kappa shape index (κ1) is 16.9. The Kier molecular flexibility index (Phi) is 4.20. The van der Waals surface area contributed by atoms with Gasteiger partial charge in [0.1, 0.15) is 5.76 Å². The highest BCUT2D eigenvalue weighted by atomic mass is 16.3. The predicted molar refractivity (Wildman–Crippen MR) is 105 cm³/mol. The third kappa shape index (κ3) is 2.94. The molecule has 2 aromatic rings. The fraction of sp³-hybridized carbons (Fsp3) is 0.500. The molecular formula is C22H27N3O2. The third-order valence-electron chi connectivity index (χ3n) is 6.61. The molecule has 0 saturated carbocycles. The SMILES string of the molecule is O=C(N1CCCC1)N1CC2(CCN(Cc3ccco3)CC2)c2ccccc21. The second-order valence-electron chi connectivity index (χ2n) is 8.22. The number of likely N-dealkylation sites (tertiary alicyclic amines) is 2. The second kappa shape index (κ2) is 6.71. The average molecular weight is 365 g/mol. The number of piperidine rings is 1. The Morgan fingerprint density at radius 1 is 1.00 bits per heavy atom. The van der Waals surface area contributed by atoms with E-state index in [2.05, 4.69) is 34.1 Å². The van der Waals surface area contributed by atoms with Crippen molar-refractivity contribution in [1.82, 2.24) is 9.80 Å². The van der Waals surface area contributed by atoms with Crippen LogP contribution in [0, 0.1) is 0 Å². The zero-order chi connectivity index (χ0) is 18.3. The molecule has 5 rings (SSSR count). The van der Waals surface area contributed by atoms with Crippen LogP contribution in [0.2, 0.25) is 0 Å². The van der Waals surface area contributed by atoms with Gasteiger partial charge in [0.15, 0.2) is 0 Å². The number of para-hydroxylation sites is 1. The molecule has 2 fully saturated rings. The van der Waals surface area contributed by atoms with Gasteiger partial charge in [-0.1, -0.05) is 18.2 Å². The van der Waals surface area contributed by atoms with Gasteiger partial charge in [0.05, 0.1) is 12.8 Å². The number of urea groups is 1. The van der Waals surface area contributed by atoms with Crippen LogP contribution >= 0.6 is 0 Å². The number of anilines is 1. The molecule has 0 aliphatic carbocycles. The minimum absolute atomic E-state index is 0.103. The maximum atomic E-state index is 13.1. The summed E-state index contributed by atoms with van der Waals surface area (Å²) in [6, 6.07) is 12.8. The normalized spacial score (nSPS) is 21.8. The molecule has 0 atom stereocenters.